The molecule has 1 aromatic heterocycles. The van der Waals surface area contributed by atoms with Crippen LogP contribution in [0.25, 0.3) is 0 Å². The molecular formula is C15H23N3O2. The number of anilines is 1. The predicted molar refractivity (Wildman–Crippen MR) is 77.9 cm³/mol. The molecule has 0 spiro atoms. The second kappa shape index (κ2) is 5.77. The molecule has 0 amide bonds. The molecule has 0 saturated carbocycles. The third-order valence-electron chi connectivity index (χ3n) is 4.26. The van der Waals surface area contributed by atoms with Gasteiger partial charge >= 0.3 is 5.97 Å². The summed E-state index contributed by atoms with van der Waals surface area (Å²) in [7, 11) is 0. The molecule has 1 fully saturated rings. The van der Waals surface area contributed by atoms with Gasteiger partial charge in [-0.3, -0.25) is 9.78 Å². The van der Waals surface area contributed by atoms with Crippen LogP contribution < -0.4 is 4.90 Å². The highest BCUT2D eigenvalue weighted by Gasteiger charge is 2.41. The first-order chi connectivity index (χ1) is 9.48. The van der Waals surface area contributed by atoms with Crippen molar-refractivity contribution >= 4 is 11.8 Å². The van der Waals surface area contributed by atoms with Crippen LogP contribution in [-0.4, -0.2) is 34.1 Å². The number of hydrogen-bond donors (Lipinski definition) is 1. The van der Waals surface area contributed by atoms with Gasteiger partial charge in [0, 0.05) is 13.1 Å². The minimum atomic E-state index is -0.680. The van der Waals surface area contributed by atoms with Crippen molar-refractivity contribution in [3.63, 3.8) is 0 Å². The quantitative estimate of drug-likeness (QED) is 0.916. The molecule has 1 aliphatic rings. The first kappa shape index (κ1) is 14.8. The van der Waals surface area contributed by atoms with E-state index in [4.69, 9.17) is 0 Å². The van der Waals surface area contributed by atoms with E-state index in [0.717, 1.165) is 49.4 Å². The third-order valence-corrected chi connectivity index (χ3v) is 4.26. The molecule has 1 N–H and O–H groups in total. The second-order valence-corrected chi connectivity index (χ2v) is 5.76. The van der Waals surface area contributed by atoms with Crippen LogP contribution in [0.2, 0.25) is 0 Å². The van der Waals surface area contributed by atoms with Gasteiger partial charge < -0.3 is 10.0 Å². The van der Waals surface area contributed by atoms with Gasteiger partial charge in [0.05, 0.1) is 23.0 Å². The van der Waals surface area contributed by atoms with Gasteiger partial charge in [-0.25, -0.2) is 4.98 Å². The summed E-state index contributed by atoms with van der Waals surface area (Å²) >= 11 is 0. The van der Waals surface area contributed by atoms with Crippen LogP contribution in [0.5, 0.6) is 0 Å². The molecule has 1 unspecified atom stereocenters. The molecule has 1 atom stereocenters. The lowest BCUT2D eigenvalue weighted by Gasteiger charge is -2.40. The average Bonchev–Trinajstić information content (AvgIpc) is 2.42. The topological polar surface area (TPSA) is 66.3 Å². The van der Waals surface area contributed by atoms with Gasteiger partial charge in [0.15, 0.2) is 0 Å². The van der Waals surface area contributed by atoms with Crippen LogP contribution in [0, 0.1) is 19.3 Å². The standard InChI is InChI=1S/C15H23N3O2/c1-4-6-15(14(19)20)7-5-8-18(10-15)13-9-16-11(2)12(3)17-13/h9H,4-8,10H2,1-3H3,(H,19,20). The van der Waals surface area contributed by atoms with Crippen LogP contribution in [-0.2, 0) is 4.79 Å². The SMILES string of the molecule is CCCC1(C(=O)O)CCCN(c2cnc(C)c(C)n2)C1. The molecule has 0 bridgehead atoms. The van der Waals surface area contributed by atoms with Crippen molar-refractivity contribution in [1.82, 2.24) is 9.97 Å². The van der Waals surface area contributed by atoms with E-state index in [0.29, 0.717) is 6.54 Å². The summed E-state index contributed by atoms with van der Waals surface area (Å²) in [6, 6.07) is 0. The zero-order chi connectivity index (χ0) is 14.8. The molecule has 20 heavy (non-hydrogen) atoms. The van der Waals surface area contributed by atoms with E-state index in [9.17, 15) is 9.90 Å². The number of nitrogens with zero attached hydrogens (tertiary/aromatic N) is 3. The Morgan fingerprint density at radius 2 is 2.20 bits per heavy atom. The van der Waals surface area contributed by atoms with E-state index in [1.54, 1.807) is 6.20 Å². The predicted octanol–water partition coefficient (Wildman–Crippen LogP) is 2.56. The number of carbonyl (C=O) groups is 1. The van der Waals surface area contributed by atoms with Crippen molar-refractivity contribution < 1.29 is 9.90 Å². The van der Waals surface area contributed by atoms with E-state index in [2.05, 4.69) is 14.9 Å². The largest absolute Gasteiger partial charge is 0.481 e. The Morgan fingerprint density at radius 1 is 1.45 bits per heavy atom. The van der Waals surface area contributed by atoms with Crippen LogP contribution in [0.4, 0.5) is 5.82 Å². The van der Waals surface area contributed by atoms with Crippen molar-refractivity contribution in [1.29, 1.82) is 0 Å². The smallest absolute Gasteiger partial charge is 0.311 e. The summed E-state index contributed by atoms with van der Waals surface area (Å²) in [6.45, 7) is 7.30. The summed E-state index contributed by atoms with van der Waals surface area (Å²) in [5.74, 6) is 0.121. The normalized spacial score (nSPS) is 22.9. The van der Waals surface area contributed by atoms with Crippen LogP contribution in [0.15, 0.2) is 6.20 Å². The molecule has 5 nitrogen and oxygen atoms in total. The Hall–Kier alpha value is -1.65. The van der Waals surface area contributed by atoms with E-state index in [1.165, 1.54) is 0 Å². The Bertz CT molecular complexity index is 500. The van der Waals surface area contributed by atoms with Gasteiger partial charge in [-0.2, -0.15) is 0 Å². The van der Waals surface area contributed by atoms with Crippen molar-refractivity contribution in [3.8, 4) is 0 Å². The van der Waals surface area contributed by atoms with Crippen LogP contribution >= 0.6 is 0 Å². The molecule has 2 heterocycles. The first-order valence-electron chi connectivity index (χ1n) is 7.27. The Morgan fingerprint density at radius 3 is 2.80 bits per heavy atom. The Balaban J connectivity index is 2.24. The fourth-order valence-corrected chi connectivity index (χ4v) is 2.97. The number of aryl methyl sites for hydroxylation is 2. The molecule has 0 aliphatic carbocycles. The fraction of sp³-hybridized carbons (Fsp3) is 0.667. The summed E-state index contributed by atoms with van der Waals surface area (Å²) in [5, 5.41) is 9.62. The summed E-state index contributed by atoms with van der Waals surface area (Å²) in [6.07, 6.45) is 5.01. The van der Waals surface area contributed by atoms with Gasteiger partial charge in [-0.15, -0.1) is 0 Å². The first-order valence-corrected chi connectivity index (χ1v) is 7.27. The number of piperidine rings is 1. The highest BCUT2D eigenvalue weighted by Crippen LogP contribution is 2.36. The minimum Gasteiger partial charge on any atom is -0.481 e. The maximum absolute atomic E-state index is 11.7. The number of hydrogen-bond acceptors (Lipinski definition) is 4. The van der Waals surface area contributed by atoms with E-state index < -0.39 is 11.4 Å². The molecule has 1 aromatic rings. The molecule has 0 aromatic carbocycles. The molecule has 5 heteroatoms. The maximum atomic E-state index is 11.7. The number of aliphatic carboxylic acids is 1. The van der Waals surface area contributed by atoms with Crippen LogP contribution in [0.3, 0.4) is 0 Å². The molecule has 2 rings (SSSR count). The van der Waals surface area contributed by atoms with E-state index >= 15 is 0 Å². The monoisotopic (exact) mass is 277 g/mol. The highest BCUT2D eigenvalue weighted by molar-refractivity contribution is 5.76. The van der Waals surface area contributed by atoms with Crippen molar-refractivity contribution in [2.75, 3.05) is 18.0 Å². The number of carboxylic acid groups (broad SMARTS) is 1. The summed E-state index contributed by atoms with van der Waals surface area (Å²) < 4.78 is 0. The van der Waals surface area contributed by atoms with Crippen molar-refractivity contribution in [3.05, 3.63) is 17.6 Å². The van der Waals surface area contributed by atoms with Crippen molar-refractivity contribution in [2.45, 2.75) is 46.5 Å². The molecular weight excluding hydrogens is 254 g/mol. The lowest BCUT2D eigenvalue weighted by molar-refractivity contribution is -0.150. The Kier molecular flexibility index (Phi) is 4.26. The zero-order valence-electron chi connectivity index (χ0n) is 12.5. The molecule has 1 aliphatic heterocycles. The van der Waals surface area contributed by atoms with E-state index in [1.807, 2.05) is 20.8 Å². The van der Waals surface area contributed by atoms with E-state index in [-0.39, 0.29) is 0 Å². The van der Waals surface area contributed by atoms with Crippen LogP contribution in [0.1, 0.15) is 44.0 Å². The number of rotatable bonds is 4. The molecule has 0 radical (unpaired) electrons. The average molecular weight is 277 g/mol. The molecule has 1 saturated heterocycles. The third kappa shape index (κ3) is 2.76. The van der Waals surface area contributed by atoms with Gasteiger partial charge in [0.1, 0.15) is 5.82 Å². The lowest BCUT2D eigenvalue weighted by Crippen LogP contribution is -2.48. The summed E-state index contributed by atoms with van der Waals surface area (Å²) in [4.78, 5) is 22.7. The fourth-order valence-electron chi connectivity index (χ4n) is 2.97. The Labute approximate surface area is 120 Å². The van der Waals surface area contributed by atoms with Gasteiger partial charge in [-0.05, 0) is 33.1 Å². The van der Waals surface area contributed by atoms with Gasteiger partial charge in [0.2, 0.25) is 0 Å². The zero-order valence-corrected chi connectivity index (χ0v) is 12.5. The minimum absolute atomic E-state index is 0.535. The summed E-state index contributed by atoms with van der Waals surface area (Å²) in [5.41, 5.74) is 1.20. The number of aromatic nitrogens is 2. The lowest BCUT2D eigenvalue weighted by atomic mass is 9.76. The highest BCUT2D eigenvalue weighted by atomic mass is 16.4. The van der Waals surface area contributed by atoms with Crippen molar-refractivity contribution in [2.24, 2.45) is 5.41 Å². The van der Waals surface area contributed by atoms with Gasteiger partial charge in [0.25, 0.3) is 0 Å². The second-order valence-electron chi connectivity index (χ2n) is 5.76. The molecule has 110 valence electrons. The number of carboxylic acids is 1. The maximum Gasteiger partial charge on any atom is 0.311 e. The van der Waals surface area contributed by atoms with Gasteiger partial charge in [-0.1, -0.05) is 13.3 Å².